The van der Waals surface area contributed by atoms with Gasteiger partial charge in [-0.2, -0.15) is 13.2 Å². The van der Waals surface area contributed by atoms with Crippen molar-refractivity contribution in [2.75, 3.05) is 13.2 Å². The molecule has 6 rings (SSSR count). The molecule has 1 aromatic heterocycles. The average Bonchev–Trinajstić information content (AvgIpc) is 3.60. The van der Waals surface area contributed by atoms with E-state index in [0.717, 1.165) is 33.7 Å². The molecule has 0 unspecified atom stereocenters. The highest BCUT2D eigenvalue weighted by molar-refractivity contribution is 7.09. The summed E-state index contributed by atoms with van der Waals surface area (Å²) in [5.74, 6) is 0.467. The number of thiazole rings is 1. The largest absolute Gasteiger partial charge is 0.493 e. The Morgan fingerprint density at radius 2 is 2.05 bits per heavy atom. The lowest BCUT2D eigenvalue weighted by Crippen LogP contribution is -2.31. The highest BCUT2D eigenvalue weighted by Crippen LogP contribution is 2.44. The molecule has 1 N–H and O–H groups in total. The van der Waals surface area contributed by atoms with Crippen molar-refractivity contribution < 1.29 is 32.5 Å². The maximum Gasteiger partial charge on any atom is 0.416 e. The molecule has 0 saturated heterocycles. The third-order valence-electron chi connectivity index (χ3n) is 7.77. The van der Waals surface area contributed by atoms with Crippen molar-refractivity contribution in [2.24, 2.45) is 0 Å². The number of rotatable bonds is 7. The third-order valence-corrected chi connectivity index (χ3v) is 8.63. The molecule has 3 aliphatic rings. The molecular formula is C28H27F3N2O4S. The van der Waals surface area contributed by atoms with Crippen LogP contribution in [0.4, 0.5) is 13.2 Å². The number of carbonyl (C=O) groups is 1. The smallest absolute Gasteiger partial charge is 0.416 e. The minimum atomic E-state index is -4.43. The molecule has 3 aromatic rings. The predicted octanol–water partition coefficient (Wildman–Crippen LogP) is 6.13. The van der Waals surface area contributed by atoms with Gasteiger partial charge < -0.3 is 14.6 Å². The number of aromatic nitrogens is 1. The van der Waals surface area contributed by atoms with Gasteiger partial charge in [0.15, 0.2) is 0 Å². The van der Waals surface area contributed by atoms with Crippen LogP contribution in [0.1, 0.15) is 69.7 Å². The Labute approximate surface area is 222 Å². The summed E-state index contributed by atoms with van der Waals surface area (Å²) in [5, 5.41) is 8.98. The van der Waals surface area contributed by atoms with Crippen LogP contribution in [-0.2, 0) is 36.9 Å². The van der Waals surface area contributed by atoms with Gasteiger partial charge >= 0.3 is 12.1 Å². The van der Waals surface area contributed by atoms with Gasteiger partial charge in [0.25, 0.3) is 0 Å². The summed E-state index contributed by atoms with van der Waals surface area (Å²) < 4.78 is 54.3. The SMILES string of the molecule is O=C(O)CC[C@@H]1COc2cc(O[C@@H]3CCc4c3ccc(C(F)(F)F)c4CN3CCc4ncsc4C3)ccc21. The predicted molar refractivity (Wildman–Crippen MR) is 135 cm³/mol. The van der Waals surface area contributed by atoms with Crippen LogP contribution in [0.2, 0.25) is 0 Å². The molecule has 2 aliphatic heterocycles. The number of benzene rings is 2. The Kier molecular flexibility index (Phi) is 6.55. The number of hydrogen-bond donors (Lipinski definition) is 1. The fraction of sp³-hybridized carbons (Fsp3) is 0.429. The van der Waals surface area contributed by atoms with E-state index in [4.69, 9.17) is 14.6 Å². The Morgan fingerprint density at radius 1 is 1.21 bits per heavy atom. The number of nitrogens with zero attached hydrogens (tertiary/aromatic N) is 2. The first kappa shape index (κ1) is 25.2. The van der Waals surface area contributed by atoms with Crippen LogP contribution in [0, 0.1) is 0 Å². The number of aliphatic carboxylic acids is 1. The number of alkyl halides is 3. The van der Waals surface area contributed by atoms with Crippen molar-refractivity contribution in [3.05, 3.63) is 74.2 Å². The topological polar surface area (TPSA) is 71.9 Å². The zero-order valence-corrected chi connectivity index (χ0v) is 21.4. The lowest BCUT2D eigenvalue weighted by molar-refractivity contribution is -0.139. The Balaban J connectivity index is 1.23. The van der Waals surface area contributed by atoms with Gasteiger partial charge in [0.05, 0.1) is 23.4 Å². The number of carboxylic acids is 1. The van der Waals surface area contributed by atoms with Crippen molar-refractivity contribution in [1.82, 2.24) is 9.88 Å². The van der Waals surface area contributed by atoms with Gasteiger partial charge in [-0.05, 0) is 48.1 Å². The lowest BCUT2D eigenvalue weighted by atomic mass is 9.95. The number of hydrogen-bond acceptors (Lipinski definition) is 6. The summed E-state index contributed by atoms with van der Waals surface area (Å²) in [6.07, 6.45) is -2.32. The molecule has 3 heterocycles. The van der Waals surface area contributed by atoms with Crippen molar-refractivity contribution in [3.8, 4) is 11.5 Å². The maximum absolute atomic E-state index is 14.1. The van der Waals surface area contributed by atoms with E-state index in [9.17, 15) is 18.0 Å². The average molecular weight is 545 g/mol. The molecule has 0 radical (unpaired) electrons. The van der Waals surface area contributed by atoms with Gasteiger partial charge in [-0.3, -0.25) is 9.69 Å². The number of ether oxygens (including phenoxy) is 2. The normalized spacial score (nSPS) is 20.5. The molecule has 0 amide bonds. The van der Waals surface area contributed by atoms with Crippen molar-refractivity contribution >= 4 is 17.3 Å². The van der Waals surface area contributed by atoms with E-state index in [0.29, 0.717) is 56.0 Å². The summed E-state index contributed by atoms with van der Waals surface area (Å²) >= 11 is 1.56. The van der Waals surface area contributed by atoms with Gasteiger partial charge in [-0.25, -0.2) is 4.98 Å². The summed E-state index contributed by atoms with van der Waals surface area (Å²) in [6, 6.07) is 8.33. The van der Waals surface area contributed by atoms with E-state index in [1.807, 2.05) is 12.1 Å². The second kappa shape index (κ2) is 9.89. The van der Waals surface area contributed by atoms with Gasteiger partial charge in [0.1, 0.15) is 17.6 Å². The Bertz CT molecular complexity index is 1370. The quantitative estimate of drug-likeness (QED) is 0.386. The molecule has 200 valence electrons. The molecule has 6 nitrogen and oxygen atoms in total. The third kappa shape index (κ3) is 4.87. The monoisotopic (exact) mass is 544 g/mol. The molecule has 38 heavy (non-hydrogen) atoms. The molecule has 1 aliphatic carbocycles. The first-order valence-electron chi connectivity index (χ1n) is 12.8. The lowest BCUT2D eigenvalue weighted by Gasteiger charge is -2.28. The number of carboxylic acid groups (broad SMARTS) is 1. The van der Waals surface area contributed by atoms with Gasteiger partial charge in [0.2, 0.25) is 0 Å². The number of fused-ring (bicyclic) bond motifs is 3. The fourth-order valence-electron chi connectivity index (χ4n) is 5.87. The molecule has 2 aromatic carbocycles. The Morgan fingerprint density at radius 3 is 2.87 bits per heavy atom. The summed E-state index contributed by atoms with van der Waals surface area (Å²) in [5.41, 5.74) is 5.17. The molecule has 0 saturated carbocycles. The summed E-state index contributed by atoms with van der Waals surface area (Å²) in [6.45, 7) is 1.97. The van der Waals surface area contributed by atoms with E-state index in [1.165, 1.54) is 6.07 Å². The second-order valence-electron chi connectivity index (χ2n) is 10.1. The number of halogens is 3. The van der Waals surface area contributed by atoms with E-state index in [1.54, 1.807) is 29.0 Å². The molecule has 0 fully saturated rings. The van der Waals surface area contributed by atoms with Crippen LogP contribution in [-0.4, -0.2) is 34.1 Å². The van der Waals surface area contributed by atoms with Crippen molar-refractivity contribution in [2.45, 2.75) is 63.4 Å². The van der Waals surface area contributed by atoms with E-state index < -0.39 is 17.7 Å². The zero-order valence-electron chi connectivity index (χ0n) is 20.6. The molecule has 0 spiro atoms. The van der Waals surface area contributed by atoms with Crippen LogP contribution in [0.5, 0.6) is 11.5 Å². The minimum absolute atomic E-state index is 0.0292. The van der Waals surface area contributed by atoms with Crippen molar-refractivity contribution in [1.29, 1.82) is 0 Å². The first-order valence-corrected chi connectivity index (χ1v) is 13.6. The van der Waals surface area contributed by atoms with E-state index in [2.05, 4.69) is 9.88 Å². The van der Waals surface area contributed by atoms with Crippen LogP contribution < -0.4 is 9.47 Å². The highest BCUT2D eigenvalue weighted by atomic mass is 32.1. The van der Waals surface area contributed by atoms with Gasteiger partial charge in [-0.15, -0.1) is 11.3 Å². The molecule has 2 atom stereocenters. The van der Waals surface area contributed by atoms with E-state index in [-0.39, 0.29) is 25.0 Å². The summed E-state index contributed by atoms with van der Waals surface area (Å²) in [4.78, 5) is 18.5. The molecular weight excluding hydrogens is 517 g/mol. The standard InChI is InChI=1S/C28H27F3N2O4S/c29-28(30,31)22-6-4-20-19(21(22)12-33-10-9-23-26(13-33)38-15-32-23)5-7-24(20)37-17-2-3-18-16(1-8-27(34)35)14-36-25(18)11-17/h2-4,6,11,15-16,24H,1,5,7-10,12-14H2,(H,34,35)/t16-,24-/m1/s1. The Hall–Kier alpha value is -3.11. The maximum atomic E-state index is 14.1. The summed E-state index contributed by atoms with van der Waals surface area (Å²) in [7, 11) is 0. The van der Waals surface area contributed by atoms with Crippen LogP contribution in [0.3, 0.4) is 0 Å². The zero-order chi connectivity index (χ0) is 26.4. The molecule has 0 bridgehead atoms. The van der Waals surface area contributed by atoms with Gasteiger partial charge in [-0.1, -0.05) is 12.1 Å². The van der Waals surface area contributed by atoms with Crippen molar-refractivity contribution in [3.63, 3.8) is 0 Å². The highest BCUT2D eigenvalue weighted by Gasteiger charge is 2.38. The van der Waals surface area contributed by atoms with Crippen LogP contribution in [0.15, 0.2) is 35.8 Å². The minimum Gasteiger partial charge on any atom is -0.493 e. The molecule has 10 heteroatoms. The fourth-order valence-corrected chi connectivity index (χ4v) is 6.72. The first-order chi connectivity index (χ1) is 18.3. The van der Waals surface area contributed by atoms with E-state index >= 15 is 0 Å². The van der Waals surface area contributed by atoms with Crippen LogP contribution in [0.25, 0.3) is 0 Å². The second-order valence-corrected chi connectivity index (χ2v) is 11.1. The van der Waals surface area contributed by atoms with Gasteiger partial charge in [0, 0.05) is 54.9 Å². The van der Waals surface area contributed by atoms with Crippen LogP contribution >= 0.6 is 11.3 Å².